The number of nitrogens with two attached hydrogens (primary N) is 1. The van der Waals surface area contributed by atoms with Crippen molar-refractivity contribution in [1.82, 2.24) is 0 Å². The Labute approximate surface area is 83.5 Å². The van der Waals surface area contributed by atoms with Crippen LogP contribution in [0.4, 0.5) is 5.69 Å². The summed E-state index contributed by atoms with van der Waals surface area (Å²) < 4.78 is 0. The van der Waals surface area contributed by atoms with Gasteiger partial charge in [0.15, 0.2) is 0 Å². The summed E-state index contributed by atoms with van der Waals surface area (Å²) in [6.07, 6.45) is 0.924. The van der Waals surface area contributed by atoms with Gasteiger partial charge in [-0.2, -0.15) is 0 Å². The van der Waals surface area contributed by atoms with E-state index in [1.54, 1.807) is 11.9 Å². The summed E-state index contributed by atoms with van der Waals surface area (Å²) in [6, 6.07) is 5.46. The van der Waals surface area contributed by atoms with Crippen LogP contribution in [-0.4, -0.2) is 13.0 Å². The predicted octanol–water partition coefficient (Wildman–Crippen LogP) is 1.23. The van der Waals surface area contributed by atoms with Gasteiger partial charge in [0.2, 0.25) is 5.91 Å². The molecule has 3 nitrogen and oxygen atoms in total. The Kier molecular flexibility index (Phi) is 2.04. The van der Waals surface area contributed by atoms with E-state index < -0.39 is 6.04 Å². The molecule has 14 heavy (non-hydrogen) atoms. The van der Waals surface area contributed by atoms with Crippen LogP contribution in [0.15, 0.2) is 18.2 Å². The first kappa shape index (κ1) is 9.21. The minimum Gasteiger partial charge on any atom is -0.316 e. The molecule has 0 bridgehead atoms. The molecule has 1 unspecified atom stereocenters. The van der Waals surface area contributed by atoms with Crippen molar-refractivity contribution in [3.8, 4) is 0 Å². The summed E-state index contributed by atoms with van der Waals surface area (Å²) in [7, 11) is 1.78. The number of aryl methyl sites for hydroxylation is 1. The molecule has 3 heteroatoms. The van der Waals surface area contributed by atoms with Crippen LogP contribution >= 0.6 is 0 Å². The van der Waals surface area contributed by atoms with E-state index in [0.717, 1.165) is 17.7 Å². The standard InChI is InChI=1S/C11H14N2O/c1-3-7-5-4-6-8-9(12)11(14)13(2)10(7)8/h4-6,9H,3,12H2,1-2H3. The van der Waals surface area contributed by atoms with Crippen LogP contribution in [-0.2, 0) is 11.2 Å². The average molecular weight is 190 g/mol. The highest BCUT2D eigenvalue weighted by atomic mass is 16.2. The lowest BCUT2D eigenvalue weighted by Crippen LogP contribution is -2.28. The fourth-order valence-electron chi connectivity index (χ4n) is 2.01. The Morgan fingerprint density at radius 1 is 1.50 bits per heavy atom. The van der Waals surface area contributed by atoms with E-state index in [-0.39, 0.29) is 5.91 Å². The highest BCUT2D eigenvalue weighted by Crippen LogP contribution is 2.36. The summed E-state index contributed by atoms with van der Waals surface area (Å²) in [5, 5.41) is 0. The number of nitrogens with zero attached hydrogens (tertiary/aromatic N) is 1. The van der Waals surface area contributed by atoms with Crippen molar-refractivity contribution in [1.29, 1.82) is 0 Å². The third-order valence-corrected chi connectivity index (χ3v) is 2.80. The van der Waals surface area contributed by atoms with Gasteiger partial charge in [0.25, 0.3) is 0 Å². The Morgan fingerprint density at radius 2 is 2.21 bits per heavy atom. The second kappa shape index (κ2) is 3.10. The molecule has 0 spiro atoms. The van der Waals surface area contributed by atoms with Gasteiger partial charge in [-0.05, 0) is 12.0 Å². The predicted molar refractivity (Wildman–Crippen MR) is 56.2 cm³/mol. The summed E-state index contributed by atoms with van der Waals surface area (Å²) >= 11 is 0. The Morgan fingerprint density at radius 3 is 2.86 bits per heavy atom. The number of amides is 1. The van der Waals surface area contributed by atoms with Crippen molar-refractivity contribution >= 4 is 11.6 Å². The molecule has 1 aromatic carbocycles. The minimum absolute atomic E-state index is 0.0131. The van der Waals surface area contributed by atoms with E-state index in [1.807, 2.05) is 18.2 Å². The van der Waals surface area contributed by atoms with Crippen molar-refractivity contribution < 1.29 is 4.79 Å². The molecule has 0 aliphatic carbocycles. The highest BCUT2D eigenvalue weighted by molar-refractivity contribution is 6.04. The third kappa shape index (κ3) is 1.06. The number of carbonyl (C=O) groups excluding carboxylic acids is 1. The van der Waals surface area contributed by atoms with Crippen LogP contribution in [0.3, 0.4) is 0 Å². The van der Waals surface area contributed by atoms with E-state index in [2.05, 4.69) is 6.92 Å². The first-order chi connectivity index (χ1) is 6.66. The van der Waals surface area contributed by atoms with Crippen LogP contribution in [0.5, 0.6) is 0 Å². The van der Waals surface area contributed by atoms with Crippen molar-refractivity contribution in [3.05, 3.63) is 29.3 Å². The van der Waals surface area contributed by atoms with Crippen molar-refractivity contribution in [3.63, 3.8) is 0 Å². The smallest absolute Gasteiger partial charge is 0.248 e. The lowest BCUT2D eigenvalue weighted by molar-refractivity contribution is -0.118. The molecule has 74 valence electrons. The minimum atomic E-state index is -0.471. The van der Waals surface area contributed by atoms with Gasteiger partial charge in [0.1, 0.15) is 6.04 Å². The van der Waals surface area contributed by atoms with Gasteiger partial charge < -0.3 is 10.6 Å². The molecule has 1 aliphatic rings. The molecule has 2 N–H and O–H groups in total. The molecule has 0 radical (unpaired) electrons. The zero-order valence-electron chi connectivity index (χ0n) is 8.45. The van der Waals surface area contributed by atoms with Gasteiger partial charge in [-0.25, -0.2) is 0 Å². The molecular weight excluding hydrogens is 176 g/mol. The second-order valence-electron chi connectivity index (χ2n) is 3.58. The van der Waals surface area contributed by atoms with Crippen LogP contribution in [0, 0.1) is 0 Å². The first-order valence-corrected chi connectivity index (χ1v) is 4.81. The van der Waals surface area contributed by atoms with Gasteiger partial charge in [-0.3, -0.25) is 4.79 Å². The van der Waals surface area contributed by atoms with Gasteiger partial charge in [0.05, 0.1) is 5.69 Å². The fourth-order valence-corrected chi connectivity index (χ4v) is 2.01. The molecular formula is C11H14N2O. The highest BCUT2D eigenvalue weighted by Gasteiger charge is 2.33. The second-order valence-corrected chi connectivity index (χ2v) is 3.58. The molecule has 2 rings (SSSR count). The monoisotopic (exact) mass is 190 g/mol. The SMILES string of the molecule is CCc1cccc2c1N(C)C(=O)C2N. The third-order valence-electron chi connectivity index (χ3n) is 2.80. The number of likely N-dealkylation sites (N-methyl/N-ethyl adjacent to an activating group) is 1. The first-order valence-electron chi connectivity index (χ1n) is 4.81. The number of benzene rings is 1. The number of hydrogen-bond acceptors (Lipinski definition) is 2. The fraction of sp³-hybridized carbons (Fsp3) is 0.364. The number of anilines is 1. The number of carbonyl (C=O) groups is 1. The lowest BCUT2D eigenvalue weighted by Gasteiger charge is -2.13. The average Bonchev–Trinajstić information content (AvgIpc) is 2.44. The van der Waals surface area contributed by atoms with E-state index in [1.165, 1.54) is 5.56 Å². The molecule has 0 saturated heterocycles. The number of para-hydroxylation sites is 1. The Bertz CT molecular complexity index is 387. The number of rotatable bonds is 1. The molecule has 1 atom stereocenters. The van der Waals surface area contributed by atoms with Gasteiger partial charge in [0, 0.05) is 12.6 Å². The molecule has 0 aromatic heterocycles. The van der Waals surface area contributed by atoms with Gasteiger partial charge >= 0.3 is 0 Å². The normalized spacial score (nSPS) is 20.1. The Balaban J connectivity index is 2.62. The summed E-state index contributed by atoms with van der Waals surface area (Å²) in [4.78, 5) is 13.3. The van der Waals surface area contributed by atoms with Crippen LogP contribution < -0.4 is 10.6 Å². The molecule has 1 aliphatic heterocycles. The van der Waals surface area contributed by atoms with Crippen LogP contribution in [0.1, 0.15) is 24.1 Å². The zero-order chi connectivity index (χ0) is 10.3. The topological polar surface area (TPSA) is 46.3 Å². The summed E-state index contributed by atoms with van der Waals surface area (Å²) in [5.74, 6) is -0.0131. The Hall–Kier alpha value is -1.35. The summed E-state index contributed by atoms with van der Waals surface area (Å²) in [5.41, 5.74) is 8.96. The maximum Gasteiger partial charge on any atom is 0.248 e. The molecule has 1 aromatic rings. The van der Waals surface area contributed by atoms with E-state index in [4.69, 9.17) is 5.73 Å². The van der Waals surface area contributed by atoms with Crippen molar-refractivity contribution in [2.45, 2.75) is 19.4 Å². The maximum absolute atomic E-state index is 11.6. The number of fused-ring (bicyclic) bond motifs is 1. The molecule has 1 heterocycles. The van der Waals surface area contributed by atoms with Crippen LogP contribution in [0.25, 0.3) is 0 Å². The van der Waals surface area contributed by atoms with Crippen LogP contribution in [0.2, 0.25) is 0 Å². The molecule has 0 saturated carbocycles. The maximum atomic E-state index is 11.6. The summed E-state index contributed by atoms with van der Waals surface area (Å²) in [6.45, 7) is 2.08. The van der Waals surface area contributed by atoms with E-state index in [0.29, 0.717) is 0 Å². The zero-order valence-corrected chi connectivity index (χ0v) is 8.45. The molecule has 1 amide bonds. The van der Waals surface area contributed by atoms with Gasteiger partial charge in [-0.1, -0.05) is 25.1 Å². The van der Waals surface area contributed by atoms with E-state index in [9.17, 15) is 4.79 Å². The molecule has 0 fully saturated rings. The van der Waals surface area contributed by atoms with Gasteiger partial charge in [-0.15, -0.1) is 0 Å². The quantitative estimate of drug-likeness (QED) is 0.723. The van der Waals surface area contributed by atoms with Crippen molar-refractivity contribution in [2.24, 2.45) is 5.73 Å². The van der Waals surface area contributed by atoms with E-state index >= 15 is 0 Å². The number of hydrogen-bond donors (Lipinski definition) is 1. The largest absolute Gasteiger partial charge is 0.316 e. The van der Waals surface area contributed by atoms with Crippen molar-refractivity contribution in [2.75, 3.05) is 11.9 Å². The lowest BCUT2D eigenvalue weighted by atomic mass is 10.0.